The Morgan fingerprint density at radius 1 is 0.697 bits per heavy atom. The molecule has 0 amide bonds. The topological polar surface area (TPSA) is 0 Å². The molecule has 2 aliphatic carbocycles. The molecule has 0 radical (unpaired) electrons. The van der Waals surface area contributed by atoms with Gasteiger partial charge in [0.05, 0.1) is 0 Å². The average Bonchev–Trinajstić information content (AvgIpc) is 2.86. The molecule has 182 valence electrons. The molecule has 1 heteroatoms. The molecule has 0 N–H and O–H groups in total. The Hall–Kier alpha value is -1.37. The molecule has 0 bridgehead atoms. The maximum Gasteiger partial charge on any atom is 0.134 e. The number of benzene rings is 2. The summed E-state index contributed by atoms with van der Waals surface area (Å²) in [7, 11) is 0. The number of rotatable bonds is 10. The third-order valence-corrected chi connectivity index (χ3v) is 9.06. The maximum atomic E-state index is 14.8. The number of fused-ring (bicyclic) bond motifs is 1. The summed E-state index contributed by atoms with van der Waals surface area (Å²) in [5, 5.41) is 1.88. The molecule has 33 heavy (non-hydrogen) atoms. The fraction of sp³-hybridized carbons (Fsp3) is 0.688. The van der Waals surface area contributed by atoms with Crippen LogP contribution in [0.4, 0.5) is 4.39 Å². The van der Waals surface area contributed by atoms with Crippen molar-refractivity contribution < 1.29 is 4.39 Å². The molecule has 0 atom stereocenters. The molecule has 0 aliphatic heterocycles. The smallest absolute Gasteiger partial charge is 0.134 e. The minimum absolute atomic E-state index is 0.000369. The molecule has 0 aromatic heterocycles. The van der Waals surface area contributed by atoms with Crippen LogP contribution in [0.1, 0.15) is 127 Å². The molecule has 0 spiro atoms. The Bertz CT molecular complexity index is 852. The van der Waals surface area contributed by atoms with Gasteiger partial charge in [-0.25, -0.2) is 4.39 Å². The van der Waals surface area contributed by atoms with Crippen molar-refractivity contribution in [1.82, 2.24) is 0 Å². The molecule has 0 nitrogen and oxygen atoms in total. The monoisotopic (exact) mass is 450 g/mol. The van der Waals surface area contributed by atoms with Gasteiger partial charge in [-0.15, -0.1) is 0 Å². The Morgan fingerprint density at radius 2 is 1.33 bits per heavy atom. The van der Waals surface area contributed by atoms with Crippen molar-refractivity contribution in [2.45, 2.75) is 122 Å². The van der Waals surface area contributed by atoms with Crippen LogP contribution in [-0.2, 0) is 6.42 Å². The van der Waals surface area contributed by atoms with Crippen LogP contribution >= 0.6 is 0 Å². The van der Waals surface area contributed by atoms with Gasteiger partial charge in [0.2, 0.25) is 0 Å². The summed E-state index contributed by atoms with van der Waals surface area (Å²) < 4.78 is 14.8. The molecule has 0 heterocycles. The summed E-state index contributed by atoms with van der Waals surface area (Å²) in [5.41, 5.74) is 2.30. The van der Waals surface area contributed by atoms with Crippen molar-refractivity contribution in [3.8, 4) is 0 Å². The zero-order chi connectivity index (χ0) is 23.0. The molecular formula is C32H47F. The first-order valence-corrected chi connectivity index (χ1v) is 14.4. The van der Waals surface area contributed by atoms with Crippen molar-refractivity contribution in [3.05, 3.63) is 47.3 Å². The Balaban J connectivity index is 1.21. The van der Waals surface area contributed by atoms with E-state index < -0.39 is 0 Å². The lowest BCUT2D eigenvalue weighted by atomic mass is 9.74. The second-order valence-corrected chi connectivity index (χ2v) is 11.4. The molecule has 2 aromatic rings. The quantitative estimate of drug-likeness (QED) is 0.316. The van der Waals surface area contributed by atoms with E-state index >= 15 is 0 Å². The summed E-state index contributed by atoms with van der Waals surface area (Å²) in [6, 6.07) is 10.7. The Kier molecular flexibility index (Phi) is 9.27. The van der Waals surface area contributed by atoms with Gasteiger partial charge in [-0.1, -0.05) is 115 Å². The van der Waals surface area contributed by atoms with Gasteiger partial charge in [0, 0.05) is 5.39 Å². The predicted octanol–water partition coefficient (Wildman–Crippen LogP) is 10.4. The zero-order valence-corrected chi connectivity index (χ0v) is 21.4. The van der Waals surface area contributed by atoms with Gasteiger partial charge in [0.25, 0.3) is 0 Å². The van der Waals surface area contributed by atoms with Crippen molar-refractivity contribution in [1.29, 1.82) is 0 Å². The summed E-state index contributed by atoms with van der Waals surface area (Å²) in [6.45, 7) is 4.43. The number of unbranched alkanes of at least 4 members (excludes halogenated alkanes) is 2. The normalized spacial score (nSPS) is 26.0. The second-order valence-electron chi connectivity index (χ2n) is 11.4. The van der Waals surface area contributed by atoms with E-state index in [2.05, 4.69) is 32.0 Å². The zero-order valence-electron chi connectivity index (χ0n) is 21.4. The lowest BCUT2D eigenvalue weighted by molar-refractivity contribution is 0.222. The molecule has 2 aliphatic rings. The standard InChI is InChI=1S/C32H47F/c1-3-5-6-8-24-9-11-25(12-10-24)13-14-26-15-17-27(18-16-26)29-21-22-31-30(23-29)20-19-28(7-4-2)32(31)33/h19-27H,3-18H2,1-2H3. The lowest BCUT2D eigenvalue weighted by Crippen LogP contribution is -2.17. The van der Waals surface area contributed by atoms with Gasteiger partial charge in [-0.3, -0.25) is 0 Å². The minimum atomic E-state index is -0.000369. The van der Waals surface area contributed by atoms with E-state index in [4.69, 9.17) is 0 Å². The van der Waals surface area contributed by atoms with E-state index in [-0.39, 0.29) is 5.82 Å². The fourth-order valence-electron chi connectivity index (χ4n) is 6.82. The van der Waals surface area contributed by atoms with Gasteiger partial charge >= 0.3 is 0 Å². The maximum absolute atomic E-state index is 14.8. The predicted molar refractivity (Wildman–Crippen MR) is 141 cm³/mol. The molecule has 2 aromatic carbocycles. The highest BCUT2D eigenvalue weighted by Crippen LogP contribution is 2.41. The number of halogens is 1. The highest BCUT2D eigenvalue weighted by Gasteiger charge is 2.25. The van der Waals surface area contributed by atoms with E-state index in [1.54, 1.807) is 0 Å². The van der Waals surface area contributed by atoms with Crippen LogP contribution in [-0.4, -0.2) is 0 Å². The first kappa shape index (κ1) is 24.7. The SMILES string of the molecule is CCCCCC1CCC(CCC2CCC(c3ccc4c(F)c(CCC)ccc4c3)CC2)CC1. The summed E-state index contributed by atoms with van der Waals surface area (Å²) in [5.74, 6) is 3.66. The molecule has 4 rings (SSSR count). The lowest BCUT2D eigenvalue weighted by Gasteiger charge is -2.32. The van der Waals surface area contributed by atoms with Crippen LogP contribution in [0.3, 0.4) is 0 Å². The highest BCUT2D eigenvalue weighted by molar-refractivity contribution is 5.84. The van der Waals surface area contributed by atoms with Crippen molar-refractivity contribution in [3.63, 3.8) is 0 Å². The third-order valence-electron chi connectivity index (χ3n) is 9.06. The van der Waals surface area contributed by atoms with E-state index in [1.807, 2.05) is 12.1 Å². The van der Waals surface area contributed by atoms with Crippen LogP contribution in [0.5, 0.6) is 0 Å². The number of hydrogen-bond donors (Lipinski definition) is 0. The summed E-state index contributed by atoms with van der Waals surface area (Å²) >= 11 is 0. The fourth-order valence-corrected chi connectivity index (χ4v) is 6.82. The molecule has 2 fully saturated rings. The second kappa shape index (κ2) is 12.4. The third kappa shape index (κ3) is 6.61. The van der Waals surface area contributed by atoms with Crippen molar-refractivity contribution in [2.24, 2.45) is 17.8 Å². The number of aryl methyl sites for hydroxylation is 1. The van der Waals surface area contributed by atoms with Gasteiger partial charge in [-0.2, -0.15) is 0 Å². The van der Waals surface area contributed by atoms with Crippen LogP contribution in [0.2, 0.25) is 0 Å². The van der Waals surface area contributed by atoms with Crippen LogP contribution in [0.15, 0.2) is 30.3 Å². The van der Waals surface area contributed by atoms with E-state index in [1.165, 1.54) is 95.5 Å². The van der Waals surface area contributed by atoms with E-state index in [0.29, 0.717) is 5.92 Å². The van der Waals surface area contributed by atoms with Gasteiger partial charge in [0.1, 0.15) is 5.82 Å². The van der Waals surface area contributed by atoms with Crippen molar-refractivity contribution >= 4 is 10.8 Å². The Labute approximate surface area is 202 Å². The average molecular weight is 451 g/mol. The van der Waals surface area contributed by atoms with Crippen LogP contribution in [0, 0.1) is 23.6 Å². The minimum Gasteiger partial charge on any atom is -0.206 e. The molecular weight excluding hydrogens is 403 g/mol. The van der Waals surface area contributed by atoms with Crippen molar-refractivity contribution in [2.75, 3.05) is 0 Å². The van der Waals surface area contributed by atoms with Crippen LogP contribution in [0.25, 0.3) is 10.8 Å². The van der Waals surface area contributed by atoms with Gasteiger partial charge in [0.15, 0.2) is 0 Å². The Morgan fingerprint density at radius 3 is 1.97 bits per heavy atom. The largest absolute Gasteiger partial charge is 0.206 e. The highest BCUT2D eigenvalue weighted by atomic mass is 19.1. The van der Waals surface area contributed by atoms with Gasteiger partial charge in [-0.05, 0) is 72.3 Å². The molecule has 2 saturated carbocycles. The number of hydrogen-bond acceptors (Lipinski definition) is 0. The summed E-state index contributed by atoms with van der Waals surface area (Å²) in [6.07, 6.45) is 21.9. The van der Waals surface area contributed by atoms with E-state index in [9.17, 15) is 4.39 Å². The van der Waals surface area contributed by atoms with Gasteiger partial charge < -0.3 is 0 Å². The summed E-state index contributed by atoms with van der Waals surface area (Å²) in [4.78, 5) is 0. The first-order valence-electron chi connectivity index (χ1n) is 14.4. The first-order chi connectivity index (χ1) is 16.2. The molecule has 0 unspecified atom stereocenters. The van der Waals surface area contributed by atoms with E-state index in [0.717, 1.165) is 46.9 Å². The molecule has 0 saturated heterocycles. The van der Waals surface area contributed by atoms with Crippen LogP contribution < -0.4 is 0 Å².